The molecule has 0 saturated carbocycles. The van der Waals surface area contributed by atoms with E-state index in [-0.39, 0.29) is 17.9 Å². The van der Waals surface area contributed by atoms with Crippen molar-refractivity contribution in [2.45, 2.75) is 45.8 Å². The van der Waals surface area contributed by atoms with Gasteiger partial charge in [0.15, 0.2) is 11.6 Å². The standard InChI is InChI=1S/C14H21F2NO/c1-4-8-17-13(5-2)10(3)18-14-9-11(15)6-7-12(14)16/h6-7,9-10,13,17H,4-5,8H2,1-3H3. The second-order valence-corrected chi connectivity index (χ2v) is 4.37. The molecule has 0 amide bonds. The molecule has 2 atom stereocenters. The van der Waals surface area contributed by atoms with Crippen LogP contribution in [0.4, 0.5) is 8.78 Å². The van der Waals surface area contributed by atoms with Crippen LogP contribution in [0.2, 0.25) is 0 Å². The summed E-state index contributed by atoms with van der Waals surface area (Å²) >= 11 is 0. The van der Waals surface area contributed by atoms with E-state index in [2.05, 4.69) is 12.2 Å². The topological polar surface area (TPSA) is 21.3 Å². The van der Waals surface area contributed by atoms with E-state index in [4.69, 9.17) is 4.74 Å². The number of hydrogen-bond donors (Lipinski definition) is 1. The number of nitrogens with one attached hydrogen (secondary N) is 1. The maximum atomic E-state index is 13.4. The van der Waals surface area contributed by atoms with Crippen LogP contribution in [-0.2, 0) is 0 Å². The molecule has 0 bridgehead atoms. The molecule has 2 nitrogen and oxygen atoms in total. The minimum Gasteiger partial charge on any atom is -0.486 e. The molecule has 0 fully saturated rings. The molecular weight excluding hydrogens is 236 g/mol. The van der Waals surface area contributed by atoms with Crippen LogP contribution < -0.4 is 10.1 Å². The maximum absolute atomic E-state index is 13.4. The van der Waals surface area contributed by atoms with Gasteiger partial charge in [-0.05, 0) is 38.4 Å². The third kappa shape index (κ3) is 4.26. The van der Waals surface area contributed by atoms with Crippen LogP contribution >= 0.6 is 0 Å². The van der Waals surface area contributed by atoms with Crippen molar-refractivity contribution in [2.75, 3.05) is 6.54 Å². The maximum Gasteiger partial charge on any atom is 0.165 e. The lowest BCUT2D eigenvalue weighted by Crippen LogP contribution is -2.41. The van der Waals surface area contributed by atoms with Gasteiger partial charge >= 0.3 is 0 Å². The average molecular weight is 257 g/mol. The zero-order chi connectivity index (χ0) is 13.5. The molecular formula is C14H21F2NO. The van der Waals surface area contributed by atoms with Crippen molar-refractivity contribution in [3.8, 4) is 5.75 Å². The van der Waals surface area contributed by atoms with E-state index in [0.717, 1.165) is 37.6 Å². The van der Waals surface area contributed by atoms with Gasteiger partial charge < -0.3 is 10.1 Å². The fourth-order valence-electron chi connectivity index (χ4n) is 1.82. The van der Waals surface area contributed by atoms with Crippen LogP contribution in [0.3, 0.4) is 0 Å². The first-order chi connectivity index (χ1) is 8.58. The quantitative estimate of drug-likeness (QED) is 0.807. The highest BCUT2D eigenvalue weighted by molar-refractivity contribution is 5.25. The highest BCUT2D eigenvalue weighted by Crippen LogP contribution is 2.20. The van der Waals surface area contributed by atoms with E-state index < -0.39 is 11.6 Å². The Morgan fingerprint density at radius 2 is 2.00 bits per heavy atom. The van der Waals surface area contributed by atoms with Crippen LogP contribution in [0.15, 0.2) is 18.2 Å². The number of benzene rings is 1. The molecule has 0 aliphatic rings. The van der Waals surface area contributed by atoms with Crippen molar-refractivity contribution < 1.29 is 13.5 Å². The third-order valence-electron chi connectivity index (χ3n) is 2.87. The summed E-state index contributed by atoms with van der Waals surface area (Å²) < 4.78 is 32.0. The first-order valence-corrected chi connectivity index (χ1v) is 6.43. The van der Waals surface area contributed by atoms with Crippen LogP contribution in [0, 0.1) is 11.6 Å². The number of rotatable bonds is 7. The van der Waals surface area contributed by atoms with Crippen molar-refractivity contribution in [1.29, 1.82) is 0 Å². The van der Waals surface area contributed by atoms with Gasteiger partial charge in [-0.25, -0.2) is 8.78 Å². The Morgan fingerprint density at radius 3 is 2.61 bits per heavy atom. The molecule has 18 heavy (non-hydrogen) atoms. The largest absolute Gasteiger partial charge is 0.486 e. The van der Waals surface area contributed by atoms with E-state index in [0.29, 0.717) is 0 Å². The highest BCUT2D eigenvalue weighted by Gasteiger charge is 2.18. The van der Waals surface area contributed by atoms with E-state index in [9.17, 15) is 8.78 Å². The van der Waals surface area contributed by atoms with E-state index in [1.165, 1.54) is 0 Å². The van der Waals surface area contributed by atoms with E-state index in [1.54, 1.807) is 0 Å². The van der Waals surface area contributed by atoms with Crippen LogP contribution in [0.25, 0.3) is 0 Å². The first kappa shape index (κ1) is 14.9. The van der Waals surface area contributed by atoms with Crippen molar-refractivity contribution in [3.63, 3.8) is 0 Å². The predicted molar refractivity (Wildman–Crippen MR) is 68.8 cm³/mol. The van der Waals surface area contributed by atoms with Gasteiger partial charge in [-0.1, -0.05) is 13.8 Å². The molecule has 0 aliphatic carbocycles. The van der Waals surface area contributed by atoms with Gasteiger partial charge in [0.2, 0.25) is 0 Å². The molecule has 0 aliphatic heterocycles. The van der Waals surface area contributed by atoms with Crippen molar-refractivity contribution in [1.82, 2.24) is 5.32 Å². The molecule has 0 spiro atoms. The Balaban J connectivity index is 2.66. The number of ether oxygens (including phenoxy) is 1. The molecule has 0 saturated heterocycles. The number of halogens is 2. The van der Waals surface area contributed by atoms with Crippen molar-refractivity contribution in [2.24, 2.45) is 0 Å². The van der Waals surface area contributed by atoms with Gasteiger partial charge in [-0.3, -0.25) is 0 Å². The monoisotopic (exact) mass is 257 g/mol. The summed E-state index contributed by atoms with van der Waals surface area (Å²) in [4.78, 5) is 0. The van der Waals surface area contributed by atoms with Gasteiger partial charge in [0.1, 0.15) is 11.9 Å². The van der Waals surface area contributed by atoms with Crippen LogP contribution in [0.1, 0.15) is 33.6 Å². The summed E-state index contributed by atoms with van der Waals surface area (Å²) in [6, 6.07) is 3.38. The highest BCUT2D eigenvalue weighted by atomic mass is 19.1. The lowest BCUT2D eigenvalue weighted by molar-refractivity contribution is 0.160. The Labute approximate surface area is 107 Å². The molecule has 1 N–H and O–H groups in total. The van der Waals surface area contributed by atoms with Gasteiger partial charge in [-0.15, -0.1) is 0 Å². The van der Waals surface area contributed by atoms with Gasteiger partial charge in [-0.2, -0.15) is 0 Å². The minimum absolute atomic E-state index is 0.0285. The van der Waals surface area contributed by atoms with E-state index in [1.807, 2.05) is 13.8 Å². The summed E-state index contributed by atoms with van der Waals surface area (Å²) in [5.41, 5.74) is 0. The lowest BCUT2D eigenvalue weighted by Gasteiger charge is -2.25. The normalized spacial score (nSPS) is 14.3. The molecule has 0 aromatic heterocycles. The zero-order valence-corrected chi connectivity index (χ0v) is 11.2. The molecule has 4 heteroatoms. The smallest absolute Gasteiger partial charge is 0.165 e. The Morgan fingerprint density at radius 1 is 1.28 bits per heavy atom. The van der Waals surface area contributed by atoms with Gasteiger partial charge in [0.05, 0.1) is 0 Å². The minimum atomic E-state index is -0.534. The molecule has 1 aromatic carbocycles. The average Bonchev–Trinajstić information content (AvgIpc) is 2.35. The predicted octanol–water partition coefficient (Wildman–Crippen LogP) is 3.51. The molecule has 2 unspecified atom stereocenters. The Kier molecular flexibility index (Phi) is 6.05. The Hall–Kier alpha value is -1.16. The van der Waals surface area contributed by atoms with E-state index >= 15 is 0 Å². The number of hydrogen-bond acceptors (Lipinski definition) is 2. The summed E-state index contributed by atoms with van der Waals surface area (Å²) in [5, 5.41) is 3.33. The Bertz CT molecular complexity index is 371. The fraction of sp³-hybridized carbons (Fsp3) is 0.571. The molecule has 0 radical (unpaired) electrons. The van der Waals surface area contributed by atoms with Crippen LogP contribution in [0.5, 0.6) is 5.75 Å². The van der Waals surface area contributed by atoms with Crippen molar-refractivity contribution in [3.05, 3.63) is 29.8 Å². The second-order valence-electron chi connectivity index (χ2n) is 4.37. The summed E-state index contributed by atoms with van der Waals surface area (Å²) in [7, 11) is 0. The second kappa shape index (κ2) is 7.31. The van der Waals surface area contributed by atoms with Gasteiger partial charge in [0, 0.05) is 12.1 Å². The lowest BCUT2D eigenvalue weighted by atomic mass is 10.1. The van der Waals surface area contributed by atoms with Gasteiger partial charge in [0.25, 0.3) is 0 Å². The molecule has 1 rings (SSSR count). The van der Waals surface area contributed by atoms with Crippen LogP contribution in [-0.4, -0.2) is 18.7 Å². The third-order valence-corrected chi connectivity index (χ3v) is 2.87. The molecule has 0 heterocycles. The summed E-state index contributed by atoms with van der Waals surface area (Å²) in [5.74, 6) is -1.05. The summed E-state index contributed by atoms with van der Waals surface area (Å²) in [6.07, 6.45) is 1.69. The van der Waals surface area contributed by atoms with Crippen molar-refractivity contribution >= 4 is 0 Å². The molecule has 102 valence electrons. The SMILES string of the molecule is CCCNC(CC)C(C)Oc1cc(F)ccc1F. The first-order valence-electron chi connectivity index (χ1n) is 6.43. The fourth-order valence-corrected chi connectivity index (χ4v) is 1.82. The summed E-state index contributed by atoms with van der Waals surface area (Å²) in [6.45, 7) is 6.87. The zero-order valence-electron chi connectivity index (χ0n) is 11.2. The molecule has 1 aromatic rings.